The van der Waals surface area contributed by atoms with Crippen molar-refractivity contribution in [2.24, 2.45) is 0 Å². The molecular formula is C17H11Cl2F3N4OS. The summed E-state index contributed by atoms with van der Waals surface area (Å²) in [5.41, 5.74) is -0.299. The molecule has 1 amide bonds. The topological polar surface area (TPSA) is 59.8 Å². The number of anilines is 1. The molecule has 0 unspecified atom stereocenters. The second kappa shape index (κ2) is 8.42. The van der Waals surface area contributed by atoms with Crippen LogP contribution in [0.3, 0.4) is 0 Å². The number of carbonyl (C=O) groups is 1. The van der Waals surface area contributed by atoms with Gasteiger partial charge in [0, 0.05) is 10.7 Å². The Labute approximate surface area is 171 Å². The molecule has 0 fully saturated rings. The van der Waals surface area contributed by atoms with Crippen molar-refractivity contribution < 1.29 is 18.0 Å². The minimum absolute atomic E-state index is 0.00127. The largest absolute Gasteiger partial charge is 0.417 e. The molecule has 0 aliphatic heterocycles. The zero-order valence-corrected chi connectivity index (χ0v) is 16.2. The highest BCUT2D eigenvalue weighted by atomic mass is 35.5. The number of thioether (sulfide) groups is 1. The van der Waals surface area contributed by atoms with Crippen LogP contribution in [0.5, 0.6) is 0 Å². The van der Waals surface area contributed by atoms with Gasteiger partial charge in [-0.15, -0.1) is 10.2 Å². The summed E-state index contributed by atoms with van der Waals surface area (Å²) in [6.45, 7) is 0. The number of benzene rings is 2. The lowest BCUT2D eigenvalue weighted by atomic mass is 10.2. The first kappa shape index (κ1) is 20.5. The average Bonchev–Trinajstić information content (AvgIpc) is 3.09. The minimum Gasteiger partial charge on any atom is -0.325 e. The Morgan fingerprint density at radius 2 is 1.96 bits per heavy atom. The summed E-state index contributed by atoms with van der Waals surface area (Å²) >= 11 is 12.6. The maximum absolute atomic E-state index is 12.9. The van der Waals surface area contributed by atoms with Gasteiger partial charge < -0.3 is 5.32 Å². The van der Waals surface area contributed by atoms with Gasteiger partial charge in [0.1, 0.15) is 6.33 Å². The van der Waals surface area contributed by atoms with Gasteiger partial charge in [-0.2, -0.15) is 13.2 Å². The van der Waals surface area contributed by atoms with E-state index in [0.29, 0.717) is 15.9 Å². The number of alkyl halides is 3. The maximum atomic E-state index is 12.9. The van der Waals surface area contributed by atoms with Crippen LogP contribution in [0.25, 0.3) is 5.69 Å². The van der Waals surface area contributed by atoms with Crippen molar-refractivity contribution in [2.75, 3.05) is 11.1 Å². The van der Waals surface area contributed by atoms with Gasteiger partial charge in [-0.3, -0.25) is 9.36 Å². The Hall–Kier alpha value is -2.23. The predicted octanol–water partition coefficient (Wildman–Crippen LogP) is 5.32. The summed E-state index contributed by atoms with van der Waals surface area (Å²) in [6.07, 6.45) is -3.14. The number of nitrogens with zero attached hydrogens (tertiary/aromatic N) is 3. The lowest BCUT2D eigenvalue weighted by molar-refractivity contribution is -0.137. The Morgan fingerprint density at radius 1 is 1.18 bits per heavy atom. The Bertz CT molecular complexity index is 1010. The molecule has 0 spiro atoms. The van der Waals surface area contributed by atoms with Crippen molar-refractivity contribution in [1.82, 2.24) is 14.8 Å². The van der Waals surface area contributed by atoms with Crippen LogP contribution in [0.2, 0.25) is 10.0 Å². The predicted molar refractivity (Wildman–Crippen MR) is 102 cm³/mol. The summed E-state index contributed by atoms with van der Waals surface area (Å²) < 4.78 is 40.4. The third-order valence-electron chi connectivity index (χ3n) is 3.49. The standard InChI is InChI=1S/C17H11Cl2F3N4OS/c18-10-2-1-3-12(6-10)26-9-23-25-16(26)28-8-15(27)24-11-4-5-14(19)13(7-11)17(20,21)22/h1-7,9H,8H2,(H,24,27). The molecule has 0 saturated carbocycles. The molecule has 0 radical (unpaired) electrons. The minimum atomic E-state index is -4.61. The molecule has 0 aliphatic rings. The van der Waals surface area contributed by atoms with Crippen LogP contribution in [0.1, 0.15) is 5.56 Å². The molecule has 1 N–H and O–H groups in total. The summed E-state index contributed by atoms with van der Waals surface area (Å²) in [5.74, 6) is -0.579. The number of hydrogen-bond donors (Lipinski definition) is 1. The van der Waals surface area contributed by atoms with Crippen LogP contribution in [0.15, 0.2) is 53.9 Å². The summed E-state index contributed by atoms with van der Waals surface area (Å²) in [7, 11) is 0. The fourth-order valence-corrected chi connectivity index (χ4v) is 3.41. The van der Waals surface area contributed by atoms with Crippen molar-refractivity contribution in [2.45, 2.75) is 11.3 Å². The second-order valence-corrected chi connectivity index (χ2v) is 7.28. The van der Waals surface area contributed by atoms with Crippen molar-refractivity contribution in [3.63, 3.8) is 0 Å². The first-order valence-electron chi connectivity index (χ1n) is 7.69. The Morgan fingerprint density at radius 3 is 2.68 bits per heavy atom. The van der Waals surface area contributed by atoms with Crippen LogP contribution in [-0.2, 0) is 11.0 Å². The fourth-order valence-electron chi connectivity index (χ4n) is 2.27. The lowest BCUT2D eigenvalue weighted by Gasteiger charge is -2.12. The summed E-state index contributed by atoms with van der Waals surface area (Å²) in [4.78, 5) is 12.1. The number of amides is 1. The van der Waals surface area contributed by atoms with Crippen LogP contribution in [-0.4, -0.2) is 26.4 Å². The quantitative estimate of drug-likeness (QED) is 0.538. The number of nitrogens with one attached hydrogen (secondary N) is 1. The summed E-state index contributed by atoms with van der Waals surface area (Å²) in [5, 5.41) is 10.7. The molecule has 0 saturated heterocycles. The van der Waals surface area contributed by atoms with Crippen LogP contribution >= 0.6 is 35.0 Å². The maximum Gasteiger partial charge on any atom is 0.417 e. The monoisotopic (exact) mass is 446 g/mol. The number of aromatic nitrogens is 3. The van der Waals surface area contributed by atoms with Gasteiger partial charge in [0.05, 0.1) is 22.0 Å². The van der Waals surface area contributed by atoms with Crippen molar-refractivity contribution >= 4 is 46.6 Å². The highest BCUT2D eigenvalue weighted by Gasteiger charge is 2.33. The zero-order chi connectivity index (χ0) is 20.3. The molecule has 3 aromatic rings. The van der Waals surface area contributed by atoms with Gasteiger partial charge in [-0.25, -0.2) is 0 Å². The van der Waals surface area contributed by atoms with E-state index in [1.54, 1.807) is 28.8 Å². The first-order valence-corrected chi connectivity index (χ1v) is 9.43. The van der Waals surface area contributed by atoms with E-state index in [-0.39, 0.29) is 11.4 Å². The highest BCUT2D eigenvalue weighted by Crippen LogP contribution is 2.36. The third-order valence-corrected chi connectivity index (χ3v) is 5.00. The highest BCUT2D eigenvalue weighted by molar-refractivity contribution is 7.99. The number of hydrogen-bond acceptors (Lipinski definition) is 4. The van der Waals surface area contributed by atoms with Gasteiger partial charge in [0.15, 0.2) is 5.16 Å². The molecule has 1 aromatic heterocycles. The van der Waals surface area contributed by atoms with E-state index >= 15 is 0 Å². The van der Waals surface area contributed by atoms with Gasteiger partial charge >= 0.3 is 6.18 Å². The Balaban J connectivity index is 1.67. The first-order chi connectivity index (χ1) is 13.2. The van der Waals surface area contributed by atoms with Crippen LogP contribution < -0.4 is 5.32 Å². The van der Waals surface area contributed by atoms with E-state index in [4.69, 9.17) is 23.2 Å². The van der Waals surface area contributed by atoms with Gasteiger partial charge in [0.25, 0.3) is 0 Å². The van der Waals surface area contributed by atoms with Gasteiger partial charge in [-0.1, -0.05) is 41.0 Å². The normalized spacial score (nSPS) is 11.5. The Kier molecular flexibility index (Phi) is 6.17. The van der Waals surface area contributed by atoms with Crippen LogP contribution in [0, 0.1) is 0 Å². The van der Waals surface area contributed by atoms with Gasteiger partial charge in [-0.05, 0) is 36.4 Å². The smallest absolute Gasteiger partial charge is 0.325 e. The van der Waals surface area contributed by atoms with E-state index in [9.17, 15) is 18.0 Å². The van der Waals surface area contributed by atoms with E-state index in [2.05, 4.69) is 15.5 Å². The van der Waals surface area contributed by atoms with E-state index < -0.39 is 22.7 Å². The average molecular weight is 447 g/mol. The molecule has 3 rings (SSSR count). The van der Waals surface area contributed by atoms with Crippen molar-refractivity contribution in [1.29, 1.82) is 0 Å². The molecule has 5 nitrogen and oxygen atoms in total. The van der Waals surface area contributed by atoms with Crippen molar-refractivity contribution in [3.8, 4) is 5.69 Å². The van der Waals surface area contributed by atoms with Crippen molar-refractivity contribution in [3.05, 3.63) is 64.4 Å². The number of halogens is 5. The molecule has 0 bridgehead atoms. The van der Waals surface area contributed by atoms with E-state index in [1.165, 1.54) is 12.4 Å². The molecular weight excluding hydrogens is 436 g/mol. The molecule has 11 heteroatoms. The zero-order valence-electron chi connectivity index (χ0n) is 13.9. The lowest BCUT2D eigenvalue weighted by Crippen LogP contribution is -2.15. The summed E-state index contributed by atoms with van der Waals surface area (Å²) in [6, 6.07) is 10.2. The molecule has 0 aliphatic carbocycles. The number of carbonyl (C=O) groups excluding carboxylic acids is 1. The van der Waals surface area contributed by atoms with E-state index in [0.717, 1.165) is 23.9 Å². The molecule has 2 aromatic carbocycles. The van der Waals surface area contributed by atoms with E-state index in [1.807, 2.05) is 0 Å². The third kappa shape index (κ3) is 4.98. The SMILES string of the molecule is O=C(CSc1nncn1-c1cccc(Cl)c1)Nc1ccc(Cl)c(C(F)(F)F)c1. The molecule has 1 heterocycles. The molecule has 146 valence electrons. The molecule has 0 atom stereocenters. The van der Waals surface area contributed by atoms with Gasteiger partial charge in [0.2, 0.25) is 5.91 Å². The molecule has 28 heavy (non-hydrogen) atoms. The van der Waals surface area contributed by atoms with Crippen LogP contribution in [0.4, 0.5) is 18.9 Å². The second-order valence-electron chi connectivity index (χ2n) is 5.49. The fraction of sp³-hybridized carbons (Fsp3) is 0.118. The number of rotatable bonds is 5.